The highest BCUT2D eigenvalue weighted by molar-refractivity contribution is 5.96. The summed E-state index contributed by atoms with van der Waals surface area (Å²) >= 11 is 0. The molecule has 0 saturated carbocycles. The summed E-state index contributed by atoms with van der Waals surface area (Å²) in [5.41, 5.74) is 4.56. The lowest BCUT2D eigenvalue weighted by Crippen LogP contribution is -2.38. The quantitative estimate of drug-likeness (QED) is 0.515. The summed E-state index contributed by atoms with van der Waals surface area (Å²) in [7, 11) is 0. The highest BCUT2D eigenvalue weighted by atomic mass is 19.1. The van der Waals surface area contributed by atoms with Gasteiger partial charge in [0.2, 0.25) is 0 Å². The molecular formula is C29H39FN2O2. The normalized spacial score (nSPS) is 18.9. The molecule has 2 aliphatic rings. The summed E-state index contributed by atoms with van der Waals surface area (Å²) in [6, 6.07) is 13.1. The van der Waals surface area contributed by atoms with Gasteiger partial charge >= 0.3 is 0 Å². The number of nitrogens with zero attached hydrogens (tertiary/aromatic N) is 2. The van der Waals surface area contributed by atoms with E-state index < -0.39 is 0 Å². The molecule has 2 heterocycles. The van der Waals surface area contributed by atoms with E-state index in [0.29, 0.717) is 12.3 Å². The first-order valence-corrected chi connectivity index (χ1v) is 13.0. The van der Waals surface area contributed by atoms with Crippen LogP contribution in [0, 0.1) is 11.7 Å². The number of rotatable bonds is 9. The number of fused-ring (bicyclic) bond motifs is 1. The highest BCUT2D eigenvalue weighted by Crippen LogP contribution is 2.25. The van der Waals surface area contributed by atoms with Gasteiger partial charge in [0.1, 0.15) is 5.82 Å². The predicted octanol–water partition coefficient (Wildman–Crippen LogP) is 5.22. The Morgan fingerprint density at radius 1 is 1.06 bits per heavy atom. The number of Topliss-reactive ketones (excluding diaryl/α,β-unsaturated/α-hetero) is 1. The molecule has 2 aromatic rings. The van der Waals surface area contributed by atoms with Crippen molar-refractivity contribution in [3.63, 3.8) is 0 Å². The number of hydrogen-bond donors (Lipinski definition) is 1. The van der Waals surface area contributed by atoms with Crippen molar-refractivity contribution in [3.8, 4) is 0 Å². The molecule has 1 saturated heterocycles. The molecule has 1 unspecified atom stereocenters. The van der Waals surface area contributed by atoms with Gasteiger partial charge in [-0.2, -0.15) is 0 Å². The van der Waals surface area contributed by atoms with Crippen LogP contribution in [0.4, 0.5) is 4.39 Å². The maximum atomic E-state index is 13.2. The zero-order valence-electron chi connectivity index (χ0n) is 20.5. The molecule has 1 fully saturated rings. The van der Waals surface area contributed by atoms with Crippen LogP contribution in [-0.2, 0) is 19.5 Å². The lowest BCUT2D eigenvalue weighted by atomic mass is 9.89. The first-order chi connectivity index (χ1) is 16.5. The Kier molecular flexibility index (Phi) is 8.87. The van der Waals surface area contributed by atoms with Crippen molar-refractivity contribution in [3.05, 3.63) is 70.5 Å². The number of hydrogen-bond acceptors (Lipinski definition) is 4. The van der Waals surface area contributed by atoms with Gasteiger partial charge in [-0.25, -0.2) is 4.39 Å². The van der Waals surface area contributed by atoms with E-state index in [4.69, 9.17) is 0 Å². The fraction of sp³-hybridized carbons (Fsp3) is 0.552. The zero-order valence-corrected chi connectivity index (χ0v) is 20.5. The molecule has 34 heavy (non-hydrogen) atoms. The first-order valence-electron chi connectivity index (χ1n) is 13.0. The molecule has 0 spiro atoms. The fourth-order valence-electron chi connectivity index (χ4n) is 5.35. The summed E-state index contributed by atoms with van der Waals surface area (Å²) < 4.78 is 13.2. The van der Waals surface area contributed by atoms with Crippen LogP contribution < -0.4 is 0 Å². The first kappa shape index (κ1) is 25.0. The van der Waals surface area contributed by atoms with Crippen molar-refractivity contribution in [2.24, 2.45) is 5.92 Å². The number of ketones is 1. The van der Waals surface area contributed by atoms with Crippen molar-refractivity contribution >= 4 is 5.78 Å². The number of carbonyl (C=O) groups is 1. The molecule has 0 radical (unpaired) electrons. The third-order valence-corrected chi connectivity index (χ3v) is 7.59. The van der Waals surface area contributed by atoms with E-state index in [1.807, 2.05) is 25.1 Å². The minimum absolute atomic E-state index is 0.200. The molecule has 2 aromatic carbocycles. The number of piperidine rings is 1. The molecule has 184 valence electrons. The van der Waals surface area contributed by atoms with Crippen LogP contribution >= 0.6 is 0 Å². The Balaban J connectivity index is 1.30. The number of aryl methyl sites for hydroxylation is 1. The molecule has 4 nitrogen and oxygen atoms in total. The summed E-state index contributed by atoms with van der Waals surface area (Å²) in [6.07, 6.45) is 6.51. The Bertz CT molecular complexity index is 938. The monoisotopic (exact) mass is 466 g/mol. The van der Waals surface area contributed by atoms with E-state index in [9.17, 15) is 14.3 Å². The lowest BCUT2D eigenvalue weighted by molar-refractivity contribution is 0.0833. The molecule has 4 rings (SSSR count). The predicted molar refractivity (Wildman–Crippen MR) is 134 cm³/mol. The van der Waals surface area contributed by atoms with E-state index in [1.165, 1.54) is 23.3 Å². The second-order valence-electron chi connectivity index (χ2n) is 10.2. The van der Waals surface area contributed by atoms with E-state index in [1.54, 1.807) is 0 Å². The van der Waals surface area contributed by atoms with Gasteiger partial charge in [-0.3, -0.25) is 9.69 Å². The maximum absolute atomic E-state index is 13.2. The van der Waals surface area contributed by atoms with Crippen LogP contribution in [0.3, 0.4) is 0 Å². The molecule has 0 amide bonds. The number of likely N-dealkylation sites (tertiary alicyclic amines) is 1. The molecule has 0 bridgehead atoms. The number of β-amino-alcohol motifs (C(OH)–C–C–N with tert-alkyl or cyclic N) is 1. The summed E-state index contributed by atoms with van der Waals surface area (Å²) in [5.74, 6) is 0.654. The lowest BCUT2D eigenvalue weighted by Gasteiger charge is -2.33. The van der Waals surface area contributed by atoms with Crippen molar-refractivity contribution in [1.82, 2.24) is 9.80 Å². The summed E-state index contributed by atoms with van der Waals surface area (Å²) in [4.78, 5) is 17.8. The van der Waals surface area contributed by atoms with Crippen LogP contribution in [0.15, 0.2) is 42.5 Å². The van der Waals surface area contributed by atoms with Gasteiger partial charge in [-0.1, -0.05) is 31.2 Å². The van der Waals surface area contributed by atoms with E-state index in [0.717, 1.165) is 88.9 Å². The topological polar surface area (TPSA) is 43.8 Å². The van der Waals surface area contributed by atoms with Gasteiger partial charge in [0, 0.05) is 31.6 Å². The van der Waals surface area contributed by atoms with Crippen LogP contribution in [0.1, 0.15) is 72.5 Å². The van der Waals surface area contributed by atoms with Gasteiger partial charge in [-0.05, 0) is 99.0 Å². The van der Waals surface area contributed by atoms with Crippen LogP contribution in [0.25, 0.3) is 0 Å². The van der Waals surface area contributed by atoms with Gasteiger partial charge < -0.3 is 10.0 Å². The van der Waals surface area contributed by atoms with Gasteiger partial charge in [0.05, 0.1) is 6.10 Å². The Morgan fingerprint density at radius 3 is 2.56 bits per heavy atom. The van der Waals surface area contributed by atoms with Gasteiger partial charge in [0.15, 0.2) is 5.78 Å². The largest absolute Gasteiger partial charge is 0.392 e. The second-order valence-corrected chi connectivity index (χ2v) is 10.2. The summed E-state index contributed by atoms with van der Waals surface area (Å²) in [6.45, 7) is 7.48. The molecule has 5 heteroatoms. The van der Waals surface area contributed by atoms with E-state index in [-0.39, 0.29) is 17.7 Å². The van der Waals surface area contributed by atoms with Gasteiger partial charge in [-0.15, -0.1) is 0 Å². The number of halogens is 1. The van der Waals surface area contributed by atoms with Gasteiger partial charge in [0.25, 0.3) is 0 Å². The average molecular weight is 467 g/mol. The molecule has 0 aliphatic carbocycles. The maximum Gasteiger partial charge on any atom is 0.162 e. The van der Waals surface area contributed by atoms with Crippen molar-refractivity contribution in [2.45, 2.75) is 71.1 Å². The smallest absolute Gasteiger partial charge is 0.162 e. The minimum Gasteiger partial charge on any atom is -0.392 e. The molecular weight excluding hydrogens is 427 g/mol. The fourth-order valence-corrected chi connectivity index (χ4v) is 5.35. The number of carbonyl (C=O) groups excluding carboxylic acids is 1. The number of aliphatic hydroxyl groups is 1. The number of aliphatic hydroxyl groups excluding tert-OH is 1. The third-order valence-electron chi connectivity index (χ3n) is 7.59. The Hall–Kier alpha value is -2.08. The van der Waals surface area contributed by atoms with E-state index in [2.05, 4.69) is 21.9 Å². The standard InChI is InChI=1S/C29H39FN2O2/c1-2-28(33)21-31-16-13-22(14-17-31)7-12-29(34)25-9-8-24-4-3-15-32(20-26(24)18-25)19-23-5-10-27(30)11-6-23/h5-6,8-11,18,22,28,33H,2-4,7,12-17,19-21H2,1H3. The second kappa shape index (κ2) is 12.1. The van der Waals surface area contributed by atoms with Crippen molar-refractivity contribution in [1.29, 1.82) is 0 Å². The van der Waals surface area contributed by atoms with Crippen molar-refractivity contribution < 1.29 is 14.3 Å². The minimum atomic E-state index is -0.224. The molecule has 0 aromatic heterocycles. The third kappa shape index (κ3) is 6.97. The zero-order chi connectivity index (χ0) is 23.9. The molecule has 1 N–H and O–H groups in total. The van der Waals surface area contributed by atoms with Crippen LogP contribution in [0.5, 0.6) is 0 Å². The SMILES string of the molecule is CCC(O)CN1CCC(CCC(=O)c2ccc3c(c2)CN(Cc2ccc(F)cc2)CCC3)CC1. The number of benzene rings is 2. The molecule has 2 aliphatic heterocycles. The molecule has 1 atom stereocenters. The Morgan fingerprint density at radius 2 is 1.82 bits per heavy atom. The average Bonchev–Trinajstić information content (AvgIpc) is 3.05. The highest BCUT2D eigenvalue weighted by Gasteiger charge is 2.22. The van der Waals surface area contributed by atoms with E-state index >= 15 is 0 Å². The van der Waals surface area contributed by atoms with Crippen molar-refractivity contribution in [2.75, 3.05) is 26.2 Å². The Labute approximate surface area is 203 Å². The van der Waals surface area contributed by atoms with Crippen LogP contribution in [-0.4, -0.2) is 53.0 Å². The summed E-state index contributed by atoms with van der Waals surface area (Å²) in [5, 5.41) is 9.88. The van der Waals surface area contributed by atoms with Crippen LogP contribution in [0.2, 0.25) is 0 Å².